The summed E-state index contributed by atoms with van der Waals surface area (Å²) >= 11 is 0. The Morgan fingerprint density at radius 3 is 2.69 bits per heavy atom. The second-order valence-electron chi connectivity index (χ2n) is 5.09. The van der Waals surface area contributed by atoms with Gasteiger partial charge in [0.25, 0.3) is 0 Å². The molecule has 1 aromatic rings. The molecule has 0 amide bonds. The predicted octanol–water partition coefficient (Wildman–Crippen LogP) is 2.83. The largest absolute Gasteiger partial charge is 0.497 e. The minimum Gasteiger partial charge on any atom is -0.497 e. The van der Waals surface area contributed by atoms with E-state index in [1.165, 1.54) is 37.7 Å². The lowest BCUT2D eigenvalue weighted by atomic mass is 9.91. The molecule has 0 bridgehead atoms. The lowest BCUT2D eigenvalue weighted by Crippen LogP contribution is -2.42. The Morgan fingerprint density at radius 1 is 1.31 bits per heavy atom. The van der Waals surface area contributed by atoms with E-state index in [-0.39, 0.29) is 5.54 Å². The standard InChI is InChI=1S/C14H19NO/c1-16-13-7-2-4-11(10-13)14(8-9-14)15-12-5-3-6-12/h2,4,7,10,12,15H,3,5-6,8-9H2,1H3. The van der Waals surface area contributed by atoms with Crippen LogP contribution in [0, 0.1) is 0 Å². The molecular weight excluding hydrogens is 198 g/mol. The molecule has 16 heavy (non-hydrogen) atoms. The molecule has 2 saturated carbocycles. The lowest BCUT2D eigenvalue weighted by Gasteiger charge is -2.32. The number of hydrogen-bond donors (Lipinski definition) is 1. The normalized spacial score (nSPS) is 22.6. The molecule has 2 nitrogen and oxygen atoms in total. The van der Waals surface area contributed by atoms with Crippen LogP contribution in [-0.2, 0) is 5.54 Å². The third-order valence-electron chi connectivity index (χ3n) is 3.96. The van der Waals surface area contributed by atoms with Gasteiger partial charge in [-0.25, -0.2) is 0 Å². The molecule has 1 aromatic carbocycles. The number of nitrogens with one attached hydrogen (secondary N) is 1. The zero-order valence-corrected chi connectivity index (χ0v) is 9.83. The first-order valence-corrected chi connectivity index (χ1v) is 6.25. The van der Waals surface area contributed by atoms with E-state index in [1.807, 2.05) is 6.07 Å². The summed E-state index contributed by atoms with van der Waals surface area (Å²) < 4.78 is 5.30. The molecule has 86 valence electrons. The van der Waals surface area contributed by atoms with E-state index < -0.39 is 0 Å². The summed E-state index contributed by atoms with van der Waals surface area (Å²) in [6.45, 7) is 0. The van der Waals surface area contributed by atoms with Crippen molar-refractivity contribution in [1.29, 1.82) is 0 Å². The smallest absolute Gasteiger partial charge is 0.119 e. The van der Waals surface area contributed by atoms with Crippen LogP contribution in [0.1, 0.15) is 37.7 Å². The molecule has 0 atom stereocenters. The first-order valence-electron chi connectivity index (χ1n) is 6.25. The molecule has 2 aliphatic rings. The summed E-state index contributed by atoms with van der Waals surface area (Å²) in [5.41, 5.74) is 1.68. The van der Waals surface area contributed by atoms with Gasteiger partial charge in [0.1, 0.15) is 5.75 Å². The minimum absolute atomic E-state index is 0.277. The third kappa shape index (κ3) is 1.71. The fourth-order valence-corrected chi connectivity index (χ4v) is 2.51. The van der Waals surface area contributed by atoms with Gasteiger partial charge in [0.2, 0.25) is 0 Å². The van der Waals surface area contributed by atoms with Gasteiger partial charge in [-0.15, -0.1) is 0 Å². The van der Waals surface area contributed by atoms with Gasteiger partial charge < -0.3 is 10.1 Å². The van der Waals surface area contributed by atoms with Crippen molar-refractivity contribution in [1.82, 2.24) is 5.32 Å². The Labute approximate surface area is 97.0 Å². The third-order valence-corrected chi connectivity index (χ3v) is 3.96. The molecule has 0 spiro atoms. The van der Waals surface area contributed by atoms with E-state index in [1.54, 1.807) is 7.11 Å². The van der Waals surface area contributed by atoms with Crippen LogP contribution in [0.2, 0.25) is 0 Å². The highest BCUT2D eigenvalue weighted by molar-refractivity contribution is 5.37. The van der Waals surface area contributed by atoms with Gasteiger partial charge >= 0.3 is 0 Å². The maximum Gasteiger partial charge on any atom is 0.119 e. The van der Waals surface area contributed by atoms with Crippen molar-refractivity contribution < 1.29 is 4.74 Å². The SMILES string of the molecule is COc1cccc(C2(NC3CCC3)CC2)c1. The van der Waals surface area contributed by atoms with Gasteiger partial charge in [-0.1, -0.05) is 18.6 Å². The molecule has 2 heteroatoms. The first kappa shape index (κ1) is 10.2. The van der Waals surface area contributed by atoms with E-state index in [0.717, 1.165) is 11.8 Å². The molecule has 0 radical (unpaired) electrons. The maximum atomic E-state index is 5.30. The Morgan fingerprint density at radius 2 is 2.12 bits per heavy atom. The van der Waals surface area contributed by atoms with Crippen molar-refractivity contribution >= 4 is 0 Å². The average molecular weight is 217 g/mol. The molecule has 1 N–H and O–H groups in total. The Balaban J connectivity index is 1.78. The van der Waals surface area contributed by atoms with E-state index in [0.29, 0.717) is 0 Å². The lowest BCUT2D eigenvalue weighted by molar-refractivity contribution is 0.294. The fraction of sp³-hybridized carbons (Fsp3) is 0.571. The molecule has 2 fully saturated rings. The van der Waals surface area contributed by atoms with E-state index in [4.69, 9.17) is 4.74 Å². The molecule has 0 heterocycles. The van der Waals surface area contributed by atoms with Crippen LogP contribution in [0.4, 0.5) is 0 Å². The van der Waals surface area contributed by atoms with Gasteiger partial charge in [0, 0.05) is 11.6 Å². The highest BCUT2D eigenvalue weighted by atomic mass is 16.5. The van der Waals surface area contributed by atoms with E-state index in [9.17, 15) is 0 Å². The molecule has 2 aliphatic carbocycles. The van der Waals surface area contributed by atoms with Crippen molar-refractivity contribution in [3.8, 4) is 5.75 Å². The van der Waals surface area contributed by atoms with Crippen LogP contribution in [0.3, 0.4) is 0 Å². The quantitative estimate of drug-likeness (QED) is 0.837. The van der Waals surface area contributed by atoms with Crippen LogP contribution in [0.25, 0.3) is 0 Å². The van der Waals surface area contributed by atoms with E-state index >= 15 is 0 Å². The minimum atomic E-state index is 0.277. The van der Waals surface area contributed by atoms with Crippen LogP contribution in [0.15, 0.2) is 24.3 Å². The Kier molecular flexibility index (Phi) is 2.40. The summed E-state index contributed by atoms with van der Waals surface area (Å²) in [6.07, 6.45) is 6.65. The molecule has 0 saturated heterocycles. The van der Waals surface area contributed by atoms with Crippen molar-refractivity contribution in [2.45, 2.75) is 43.7 Å². The Hall–Kier alpha value is -1.02. The zero-order chi connectivity index (χ0) is 11.0. The molecule has 3 rings (SSSR count). The molecule has 0 unspecified atom stereocenters. The second-order valence-corrected chi connectivity index (χ2v) is 5.09. The van der Waals surface area contributed by atoms with E-state index in [2.05, 4.69) is 23.5 Å². The van der Waals surface area contributed by atoms with Gasteiger partial charge in [-0.05, 0) is 43.4 Å². The number of ether oxygens (including phenoxy) is 1. The topological polar surface area (TPSA) is 21.3 Å². The monoisotopic (exact) mass is 217 g/mol. The van der Waals surface area contributed by atoms with Crippen LogP contribution in [-0.4, -0.2) is 13.2 Å². The Bertz CT molecular complexity index is 380. The zero-order valence-electron chi connectivity index (χ0n) is 9.83. The van der Waals surface area contributed by atoms with Gasteiger partial charge in [-0.3, -0.25) is 0 Å². The van der Waals surface area contributed by atoms with Gasteiger partial charge in [0.05, 0.1) is 7.11 Å². The summed E-state index contributed by atoms with van der Waals surface area (Å²) in [5, 5.41) is 3.82. The first-order chi connectivity index (χ1) is 7.82. The number of rotatable bonds is 4. The second kappa shape index (κ2) is 3.77. The van der Waals surface area contributed by atoms with Gasteiger partial charge in [-0.2, -0.15) is 0 Å². The summed E-state index contributed by atoms with van der Waals surface area (Å²) in [4.78, 5) is 0. The number of hydrogen-bond acceptors (Lipinski definition) is 2. The molecule has 0 aliphatic heterocycles. The highest BCUT2D eigenvalue weighted by Crippen LogP contribution is 2.47. The number of methoxy groups -OCH3 is 1. The van der Waals surface area contributed by atoms with Crippen molar-refractivity contribution in [3.63, 3.8) is 0 Å². The van der Waals surface area contributed by atoms with Crippen molar-refractivity contribution in [2.24, 2.45) is 0 Å². The summed E-state index contributed by atoms with van der Waals surface area (Å²) in [7, 11) is 1.73. The number of benzene rings is 1. The van der Waals surface area contributed by atoms with Crippen LogP contribution in [0.5, 0.6) is 5.75 Å². The summed E-state index contributed by atoms with van der Waals surface area (Å²) in [6, 6.07) is 9.27. The van der Waals surface area contributed by atoms with Crippen LogP contribution >= 0.6 is 0 Å². The fourth-order valence-electron chi connectivity index (χ4n) is 2.51. The van der Waals surface area contributed by atoms with Crippen LogP contribution < -0.4 is 10.1 Å². The summed E-state index contributed by atoms with van der Waals surface area (Å²) in [5.74, 6) is 0.971. The maximum absolute atomic E-state index is 5.30. The molecular formula is C14H19NO. The van der Waals surface area contributed by atoms with Crippen molar-refractivity contribution in [3.05, 3.63) is 29.8 Å². The molecule has 0 aromatic heterocycles. The average Bonchev–Trinajstić information content (AvgIpc) is 3.05. The van der Waals surface area contributed by atoms with Gasteiger partial charge in [0.15, 0.2) is 0 Å². The highest BCUT2D eigenvalue weighted by Gasteiger charge is 2.46. The predicted molar refractivity (Wildman–Crippen MR) is 64.7 cm³/mol. The van der Waals surface area contributed by atoms with Crippen molar-refractivity contribution in [2.75, 3.05) is 7.11 Å².